The normalized spacial score (nSPS) is 32.3. The Morgan fingerprint density at radius 3 is 2.71 bits per heavy atom. The van der Waals surface area contributed by atoms with E-state index in [9.17, 15) is 4.39 Å². The number of hydrogen-bond acceptors (Lipinski definition) is 1. The van der Waals surface area contributed by atoms with E-state index in [0.717, 1.165) is 21.9 Å². The molecule has 1 aromatic rings. The highest BCUT2D eigenvalue weighted by Gasteiger charge is 2.54. The van der Waals surface area contributed by atoms with Crippen molar-refractivity contribution in [3.63, 3.8) is 0 Å². The van der Waals surface area contributed by atoms with Crippen molar-refractivity contribution in [3.05, 3.63) is 34.1 Å². The molecule has 0 spiro atoms. The van der Waals surface area contributed by atoms with Crippen LogP contribution in [0.4, 0.5) is 4.39 Å². The van der Waals surface area contributed by atoms with Crippen molar-refractivity contribution in [1.82, 2.24) is 0 Å². The van der Waals surface area contributed by atoms with Crippen molar-refractivity contribution in [1.29, 1.82) is 0 Å². The molecule has 0 saturated heterocycles. The Labute approximate surface area is 110 Å². The van der Waals surface area contributed by atoms with Crippen molar-refractivity contribution < 1.29 is 4.39 Å². The van der Waals surface area contributed by atoms with Gasteiger partial charge >= 0.3 is 0 Å². The summed E-state index contributed by atoms with van der Waals surface area (Å²) >= 11 is 3.27. The highest BCUT2D eigenvalue weighted by Crippen LogP contribution is 2.58. The molecular formula is C14H17BrFN. The third-order valence-corrected chi connectivity index (χ3v) is 4.93. The standard InChI is InChI=1S/C14H17BrFN/c15-9-5-4-8(12(16)7-9)6-13(17)14-10-2-1-3-11(10)14/h4-5,7,10-11,13-14H,1-3,6,17H2. The first-order valence-corrected chi connectivity index (χ1v) is 7.15. The molecule has 1 nitrogen and oxygen atoms in total. The second kappa shape index (κ2) is 4.36. The van der Waals surface area contributed by atoms with Crippen LogP contribution in [-0.2, 0) is 6.42 Å². The number of hydrogen-bond donors (Lipinski definition) is 1. The van der Waals surface area contributed by atoms with E-state index in [4.69, 9.17) is 5.73 Å². The maximum absolute atomic E-state index is 13.7. The lowest BCUT2D eigenvalue weighted by Gasteiger charge is -2.14. The maximum Gasteiger partial charge on any atom is 0.127 e. The highest BCUT2D eigenvalue weighted by atomic mass is 79.9. The van der Waals surface area contributed by atoms with E-state index in [-0.39, 0.29) is 11.9 Å². The number of benzene rings is 1. The first kappa shape index (κ1) is 11.7. The zero-order chi connectivity index (χ0) is 12.0. The number of halogens is 2. The molecule has 92 valence electrons. The Hall–Kier alpha value is -0.410. The van der Waals surface area contributed by atoms with Crippen LogP contribution in [0.25, 0.3) is 0 Å². The van der Waals surface area contributed by atoms with Gasteiger partial charge in [0.05, 0.1) is 0 Å². The van der Waals surface area contributed by atoms with Gasteiger partial charge in [0, 0.05) is 10.5 Å². The topological polar surface area (TPSA) is 26.0 Å². The first-order chi connectivity index (χ1) is 8.16. The molecule has 3 atom stereocenters. The Bertz CT molecular complexity index is 424. The minimum atomic E-state index is -0.138. The maximum atomic E-state index is 13.7. The number of fused-ring (bicyclic) bond motifs is 1. The summed E-state index contributed by atoms with van der Waals surface area (Å²) in [6.07, 6.45) is 4.72. The van der Waals surface area contributed by atoms with E-state index in [0.29, 0.717) is 12.3 Å². The van der Waals surface area contributed by atoms with Crippen LogP contribution in [0.15, 0.2) is 22.7 Å². The van der Waals surface area contributed by atoms with Gasteiger partial charge in [-0.2, -0.15) is 0 Å². The Morgan fingerprint density at radius 1 is 1.35 bits per heavy atom. The Kier molecular flexibility index (Phi) is 2.99. The van der Waals surface area contributed by atoms with Gasteiger partial charge in [-0.1, -0.05) is 28.4 Å². The minimum Gasteiger partial charge on any atom is -0.327 e. The molecule has 2 aliphatic rings. The zero-order valence-electron chi connectivity index (χ0n) is 9.70. The average molecular weight is 298 g/mol. The monoisotopic (exact) mass is 297 g/mol. The number of rotatable bonds is 3. The van der Waals surface area contributed by atoms with Crippen LogP contribution in [0, 0.1) is 23.6 Å². The summed E-state index contributed by atoms with van der Waals surface area (Å²) in [7, 11) is 0. The van der Waals surface area contributed by atoms with Crippen LogP contribution in [0.2, 0.25) is 0 Å². The molecule has 0 amide bonds. The van der Waals surface area contributed by atoms with Gasteiger partial charge in [-0.25, -0.2) is 4.39 Å². The van der Waals surface area contributed by atoms with Crippen molar-refractivity contribution in [2.24, 2.45) is 23.5 Å². The summed E-state index contributed by atoms with van der Waals surface area (Å²) in [5, 5.41) is 0. The summed E-state index contributed by atoms with van der Waals surface area (Å²) in [4.78, 5) is 0. The zero-order valence-corrected chi connectivity index (χ0v) is 11.3. The minimum absolute atomic E-state index is 0.138. The molecule has 2 fully saturated rings. The van der Waals surface area contributed by atoms with Crippen LogP contribution in [0.5, 0.6) is 0 Å². The molecule has 1 aromatic carbocycles. The lowest BCUT2D eigenvalue weighted by molar-refractivity contribution is 0.475. The van der Waals surface area contributed by atoms with Gasteiger partial charge < -0.3 is 5.73 Å². The van der Waals surface area contributed by atoms with Crippen molar-refractivity contribution in [2.75, 3.05) is 0 Å². The Morgan fingerprint density at radius 2 is 2.06 bits per heavy atom. The van der Waals surface area contributed by atoms with Crippen LogP contribution in [0.1, 0.15) is 24.8 Å². The second-order valence-electron chi connectivity index (χ2n) is 5.44. The lowest BCUT2D eigenvalue weighted by Crippen LogP contribution is -2.27. The highest BCUT2D eigenvalue weighted by molar-refractivity contribution is 9.10. The van der Waals surface area contributed by atoms with Gasteiger partial charge in [0.25, 0.3) is 0 Å². The molecular weight excluding hydrogens is 281 g/mol. The van der Waals surface area contributed by atoms with E-state index < -0.39 is 0 Å². The molecule has 0 heterocycles. The van der Waals surface area contributed by atoms with Gasteiger partial charge in [0.1, 0.15) is 5.82 Å². The van der Waals surface area contributed by atoms with E-state index in [2.05, 4.69) is 15.9 Å². The fourth-order valence-electron chi connectivity index (χ4n) is 3.59. The van der Waals surface area contributed by atoms with Crippen molar-refractivity contribution >= 4 is 15.9 Å². The molecule has 2 saturated carbocycles. The fourth-order valence-corrected chi connectivity index (χ4v) is 3.92. The van der Waals surface area contributed by atoms with Gasteiger partial charge in [-0.3, -0.25) is 0 Å². The molecule has 3 unspecified atom stereocenters. The van der Waals surface area contributed by atoms with Crippen molar-refractivity contribution in [2.45, 2.75) is 31.7 Å². The van der Waals surface area contributed by atoms with Gasteiger partial charge in [0.2, 0.25) is 0 Å². The predicted octanol–water partition coefficient (Wildman–Crippen LogP) is 3.50. The number of nitrogens with two attached hydrogens (primary N) is 1. The quantitative estimate of drug-likeness (QED) is 0.908. The van der Waals surface area contributed by atoms with Crippen LogP contribution in [0.3, 0.4) is 0 Å². The van der Waals surface area contributed by atoms with Gasteiger partial charge in [-0.05, 0) is 54.7 Å². The van der Waals surface area contributed by atoms with Gasteiger partial charge in [-0.15, -0.1) is 0 Å². The van der Waals surface area contributed by atoms with Crippen LogP contribution >= 0.6 is 15.9 Å². The SMILES string of the molecule is NC(Cc1ccc(Br)cc1F)C1C2CCCC21. The lowest BCUT2D eigenvalue weighted by atomic mass is 9.98. The summed E-state index contributed by atoms with van der Waals surface area (Å²) < 4.78 is 14.5. The predicted molar refractivity (Wildman–Crippen MR) is 70.1 cm³/mol. The molecule has 2 aliphatic carbocycles. The van der Waals surface area contributed by atoms with Crippen LogP contribution in [-0.4, -0.2) is 6.04 Å². The average Bonchev–Trinajstić information content (AvgIpc) is 2.77. The van der Waals surface area contributed by atoms with E-state index >= 15 is 0 Å². The third kappa shape index (κ3) is 2.15. The Balaban J connectivity index is 1.66. The first-order valence-electron chi connectivity index (χ1n) is 6.36. The molecule has 0 aromatic heterocycles. The molecule has 3 heteroatoms. The van der Waals surface area contributed by atoms with Gasteiger partial charge in [0.15, 0.2) is 0 Å². The third-order valence-electron chi connectivity index (χ3n) is 4.44. The van der Waals surface area contributed by atoms with E-state index in [1.807, 2.05) is 12.1 Å². The van der Waals surface area contributed by atoms with Crippen LogP contribution < -0.4 is 5.73 Å². The molecule has 0 bridgehead atoms. The molecule has 3 rings (SSSR count). The molecule has 17 heavy (non-hydrogen) atoms. The smallest absolute Gasteiger partial charge is 0.127 e. The van der Waals surface area contributed by atoms with E-state index in [1.165, 1.54) is 25.3 Å². The summed E-state index contributed by atoms with van der Waals surface area (Å²) in [5.74, 6) is 2.22. The van der Waals surface area contributed by atoms with E-state index in [1.54, 1.807) is 0 Å². The fraction of sp³-hybridized carbons (Fsp3) is 0.571. The summed E-state index contributed by atoms with van der Waals surface area (Å²) in [6.45, 7) is 0. The van der Waals surface area contributed by atoms with Crippen molar-refractivity contribution in [3.8, 4) is 0 Å². The molecule has 0 radical (unpaired) electrons. The summed E-state index contributed by atoms with van der Waals surface area (Å²) in [5.41, 5.74) is 6.99. The molecule has 0 aliphatic heterocycles. The second-order valence-corrected chi connectivity index (χ2v) is 6.36. The largest absolute Gasteiger partial charge is 0.327 e. The summed E-state index contributed by atoms with van der Waals surface area (Å²) in [6, 6.07) is 5.40. The molecule has 2 N–H and O–H groups in total.